The molecule has 3 fully saturated rings. The minimum absolute atomic E-state index is 0.0414. The summed E-state index contributed by atoms with van der Waals surface area (Å²) in [5.41, 5.74) is 1.35. The Morgan fingerprint density at radius 3 is 2.44 bits per heavy atom. The number of thioether (sulfide) groups is 1. The first-order valence-electron chi connectivity index (χ1n) is 17.1. The summed E-state index contributed by atoms with van der Waals surface area (Å²) in [4.78, 5) is 42.1. The maximum atomic E-state index is 14.1. The highest BCUT2D eigenvalue weighted by Crippen LogP contribution is 2.40. The van der Waals surface area contributed by atoms with Gasteiger partial charge in [0.2, 0.25) is 21.8 Å². The van der Waals surface area contributed by atoms with E-state index in [2.05, 4.69) is 4.90 Å². The number of aryl methyl sites for hydroxylation is 1. The molecule has 4 aliphatic rings. The Bertz CT molecular complexity index is 1730. The first-order valence-corrected chi connectivity index (χ1v) is 20.0. The molecule has 4 aliphatic heterocycles. The molecule has 12 nitrogen and oxygen atoms in total. The minimum Gasteiger partial charge on any atom is -0.480 e. The summed E-state index contributed by atoms with van der Waals surface area (Å²) in [6.45, 7) is 4.53. The van der Waals surface area contributed by atoms with Crippen molar-refractivity contribution in [2.75, 3.05) is 51.3 Å². The van der Waals surface area contributed by atoms with Gasteiger partial charge in [0, 0.05) is 86.4 Å². The molecule has 0 saturated carbocycles. The van der Waals surface area contributed by atoms with Crippen molar-refractivity contribution in [3.8, 4) is 11.3 Å². The van der Waals surface area contributed by atoms with Crippen LogP contribution in [0.1, 0.15) is 61.8 Å². The van der Waals surface area contributed by atoms with E-state index >= 15 is 0 Å². The molecule has 1 N–H and O–H groups in total. The average molecular weight is 741 g/mol. The second kappa shape index (κ2) is 14.8. The Balaban J connectivity index is 1.21. The number of rotatable bonds is 11. The summed E-state index contributed by atoms with van der Waals surface area (Å²) in [7, 11) is -3.55. The van der Waals surface area contributed by atoms with Crippen LogP contribution in [0, 0.1) is 0 Å². The van der Waals surface area contributed by atoms with E-state index in [-0.39, 0.29) is 36.2 Å². The van der Waals surface area contributed by atoms with Crippen LogP contribution in [0.2, 0.25) is 0 Å². The number of amides is 2. The normalized spacial score (nSPS) is 21.3. The van der Waals surface area contributed by atoms with Gasteiger partial charge in [-0.25, -0.2) is 13.2 Å². The third-order valence-corrected chi connectivity index (χ3v) is 12.6. The molecule has 50 heavy (non-hydrogen) atoms. The van der Waals surface area contributed by atoms with Gasteiger partial charge in [-0.15, -0.1) is 11.8 Å². The molecule has 5 heterocycles. The van der Waals surface area contributed by atoms with Gasteiger partial charge >= 0.3 is 12.1 Å². The highest BCUT2D eigenvalue weighted by atomic mass is 32.2. The van der Waals surface area contributed by atoms with Crippen LogP contribution >= 0.6 is 11.8 Å². The van der Waals surface area contributed by atoms with Crippen LogP contribution < -0.4 is 0 Å². The smallest absolute Gasteiger partial charge is 0.417 e. The predicted octanol–water partition coefficient (Wildman–Crippen LogP) is 3.53. The molecule has 1 aromatic heterocycles. The van der Waals surface area contributed by atoms with E-state index < -0.39 is 39.7 Å². The summed E-state index contributed by atoms with van der Waals surface area (Å²) in [5, 5.41) is 14.3. The van der Waals surface area contributed by atoms with Crippen molar-refractivity contribution in [3.05, 3.63) is 35.0 Å². The number of likely N-dealkylation sites (tertiary alicyclic amines) is 3. The lowest BCUT2D eigenvalue weighted by atomic mass is 10.0. The Morgan fingerprint density at radius 2 is 1.78 bits per heavy atom. The van der Waals surface area contributed by atoms with Crippen LogP contribution in [-0.4, -0.2) is 123 Å². The predicted molar refractivity (Wildman–Crippen MR) is 180 cm³/mol. The molecule has 274 valence electrons. The Morgan fingerprint density at radius 1 is 1.02 bits per heavy atom. The number of fused-ring (bicyclic) bond motifs is 1. The molecular weight excluding hydrogens is 698 g/mol. The Hall–Kier alpha value is -3.15. The lowest BCUT2D eigenvalue weighted by molar-refractivity contribution is -0.147. The van der Waals surface area contributed by atoms with Crippen molar-refractivity contribution in [3.63, 3.8) is 0 Å². The van der Waals surface area contributed by atoms with Gasteiger partial charge in [-0.1, -0.05) is 6.07 Å². The van der Waals surface area contributed by atoms with E-state index in [1.807, 2.05) is 9.58 Å². The molecule has 2 aromatic rings. The van der Waals surface area contributed by atoms with Crippen molar-refractivity contribution in [2.45, 2.75) is 87.6 Å². The molecule has 17 heteroatoms. The molecule has 0 radical (unpaired) electrons. The number of carboxylic acids is 1. The topological polar surface area (TPSA) is 136 Å². The quantitative estimate of drug-likeness (QED) is 0.344. The van der Waals surface area contributed by atoms with Gasteiger partial charge < -0.3 is 19.8 Å². The number of benzene rings is 1. The zero-order chi connectivity index (χ0) is 35.8. The standard InChI is InChI=1S/C33H43F3N6O6S2/c1-50(47,48)39-18-11-26-24(20-39)31(37-42(26)15-4-12-38-16-9-23(10-17-38)40-13-3-6-29(40)43)22-7-8-25(33(34,35)36)28(19-22)49-21-30(44)41-14-2-5-27(41)32(45)46/h7-8,19,23,27H,2-6,9-18,20-21H2,1H3,(H,45,46)/t27-/m1/s1. The van der Waals surface area contributed by atoms with Gasteiger partial charge in [0.15, 0.2) is 0 Å². The van der Waals surface area contributed by atoms with E-state index in [0.717, 1.165) is 69.9 Å². The van der Waals surface area contributed by atoms with E-state index in [1.165, 1.54) is 21.3 Å². The number of sulfonamides is 1. The van der Waals surface area contributed by atoms with Gasteiger partial charge in [-0.05, 0) is 57.2 Å². The molecule has 2 amide bonds. The number of nitrogens with zero attached hydrogens (tertiary/aromatic N) is 6. The molecule has 1 aromatic carbocycles. The lowest BCUT2D eigenvalue weighted by Gasteiger charge is -2.36. The van der Waals surface area contributed by atoms with Gasteiger partial charge in [0.25, 0.3) is 0 Å². The number of carboxylic acid groups (broad SMARTS) is 1. The number of halogens is 3. The van der Waals surface area contributed by atoms with Gasteiger partial charge in [-0.2, -0.15) is 22.6 Å². The number of hydrogen-bond acceptors (Lipinski definition) is 8. The summed E-state index contributed by atoms with van der Waals surface area (Å²) in [6, 6.07) is 2.95. The third-order valence-electron chi connectivity index (χ3n) is 10.3. The highest BCUT2D eigenvalue weighted by molar-refractivity contribution is 8.00. The molecule has 0 aliphatic carbocycles. The average Bonchev–Trinajstić information content (AvgIpc) is 3.82. The first kappa shape index (κ1) is 36.6. The molecule has 3 saturated heterocycles. The summed E-state index contributed by atoms with van der Waals surface area (Å²) in [6.07, 6.45) is 1.84. The fourth-order valence-electron chi connectivity index (χ4n) is 7.69. The molecular formula is C33H43F3N6O6S2. The molecule has 1 atom stereocenters. The second-order valence-electron chi connectivity index (χ2n) is 13.5. The Labute approximate surface area is 294 Å². The highest BCUT2D eigenvalue weighted by Gasteiger charge is 2.37. The van der Waals surface area contributed by atoms with E-state index in [4.69, 9.17) is 5.10 Å². The minimum atomic E-state index is -4.70. The maximum absolute atomic E-state index is 14.1. The fraction of sp³-hybridized carbons (Fsp3) is 0.636. The van der Waals surface area contributed by atoms with Crippen LogP contribution in [0.3, 0.4) is 0 Å². The molecule has 0 unspecified atom stereocenters. The number of carbonyl (C=O) groups excluding carboxylic acids is 2. The number of piperidine rings is 1. The van der Waals surface area contributed by atoms with Gasteiger partial charge in [0.05, 0.1) is 23.3 Å². The number of hydrogen-bond donors (Lipinski definition) is 1. The molecule has 6 rings (SSSR count). The van der Waals surface area contributed by atoms with Crippen molar-refractivity contribution >= 4 is 39.6 Å². The lowest BCUT2D eigenvalue weighted by Crippen LogP contribution is -2.45. The zero-order valence-corrected chi connectivity index (χ0v) is 29.7. The largest absolute Gasteiger partial charge is 0.480 e. The molecule has 0 bridgehead atoms. The van der Waals surface area contributed by atoms with Crippen molar-refractivity contribution in [2.24, 2.45) is 0 Å². The second-order valence-corrected chi connectivity index (χ2v) is 16.5. The van der Waals surface area contributed by atoms with Gasteiger partial charge in [0.1, 0.15) is 6.04 Å². The SMILES string of the molecule is CS(=O)(=O)N1CCc2c(c(-c3ccc(C(F)(F)F)c(SCC(=O)N4CCC[C@@H]4C(=O)O)c3)nn2CCCN2CCC(N3CCCC3=O)CC2)C1. The van der Waals surface area contributed by atoms with E-state index in [1.54, 1.807) is 0 Å². The van der Waals surface area contributed by atoms with Crippen LogP contribution in [0.4, 0.5) is 13.2 Å². The van der Waals surface area contributed by atoms with Crippen LogP contribution in [-0.2, 0) is 50.1 Å². The van der Waals surface area contributed by atoms with Crippen molar-refractivity contribution in [1.29, 1.82) is 0 Å². The van der Waals surface area contributed by atoms with Gasteiger partial charge in [-0.3, -0.25) is 14.3 Å². The Kier molecular flexibility index (Phi) is 10.9. The number of aromatic nitrogens is 2. The van der Waals surface area contributed by atoms with Crippen LogP contribution in [0.25, 0.3) is 11.3 Å². The summed E-state index contributed by atoms with van der Waals surface area (Å²) in [5.74, 6) is -1.80. The zero-order valence-electron chi connectivity index (χ0n) is 28.0. The van der Waals surface area contributed by atoms with Crippen molar-refractivity contribution < 1.29 is 41.1 Å². The van der Waals surface area contributed by atoms with Crippen LogP contribution in [0.15, 0.2) is 23.1 Å². The number of alkyl halides is 3. The fourth-order valence-corrected chi connectivity index (χ4v) is 9.47. The van der Waals surface area contributed by atoms with E-state index in [0.29, 0.717) is 66.9 Å². The monoisotopic (exact) mass is 740 g/mol. The summed E-state index contributed by atoms with van der Waals surface area (Å²) >= 11 is 0.706. The summed E-state index contributed by atoms with van der Waals surface area (Å²) < 4.78 is 70.7. The van der Waals surface area contributed by atoms with Crippen LogP contribution in [0.5, 0.6) is 0 Å². The third kappa shape index (κ3) is 8.00. The number of aliphatic carboxylic acids is 1. The number of carbonyl (C=O) groups is 3. The first-order chi connectivity index (χ1) is 23.7. The molecule has 0 spiro atoms. The van der Waals surface area contributed by atoms with Crippen molar-refractivity contribution in [1.82, 2.24) is 28.8 Å². The van der Waals surface area contributed by atoms with E-state index in [9.17, 15) is 41.1 Å². The maximum Gasteiger partial charge on any atom is 0.417 e.